The van der Waals surface area contributed by atoms with E-state index in [-0.39, 0.29) is 0 Å². The number of hydrogen-bond acceptors (Lipinski definition) is 4. The van der Waals surface area contributed by atoms with Gasteiger partial charge >= 0.3 is 5.97 Å². The minimum atomic E-state index is -0.392. The predicted molar refractivity (Wildman–Crippen MR) is 71.5 cm³/mol. The minimum absolute atomic E-state index is 0.392. The fraction of sp³-hybridized carbons (Fsp3) is 0.125. The van der Waals surface area contributed by atoms with Gasteiger partial charge in [-0.1, -0.05) is 11.6 Å². The Kier molecular flexibility index (Phi) is 3.42. The Bertz CT molecular complexity index is 546. The van der Waals surface area contributed by atoms with Gasteiger partial charge < -0.3 is 4.74 Å². The van der Waals surface area contributed by atoms with Crippen molar-refractivity contribution < 1.29 is 9.53 Å². The van der Waals surface area contributed by atoms with E-state index in [1.54, 1.807) is 0 Å². The number of hydrogen-bond donors (Lipinski definition) is 0. The monoisotopic (exact) mass is 388 g/mol. The van der Waals surface area contributed by atoms with Crippen LogP contribution in [0.3, 0.4) is 0 Å². The molecular weight excluding hydrogens is 387 g/mol. The van der Waals surface area contributed by atoms with E-state index in [1.165, 1.54) is 29.8 Å². The molecule has 80 valence electrons. The topological polar surface area (TPSA) is 26.3 Å². The first kappa shape index (κ1) is 11.9. The summed E-state index contributed by atoms with van der Waals surface area (Å²) in [7, 11) is 1.34. The van der Waals surface area contributed by atoms with Gasteiger partial charge in [0.25, 0.3) is 0 Å². The van der Waals surface area contributed by atoms with E-state index in [2.05, 4.69) is 36.6 Å². The molecule has 0 saturated heterocycles. The van der Waals surface area contributed by atoms with Gasteiger partial charge in [0.1, 0.15) is 4.88 Å². The first-order chi connectivity index (χ1) is 7.06. The van der Waals surface area contributed by atoms with Gasteiger partial charge in [0.15, 0.2) is 0 Å². The lowest BCUT2D eigenvalue weighted by atomic mass is 10.4. The van der Waals surface area contributed by atoms with Crippen molar-refractivity contribution in [3.63, 3.8) is 0 Å². The van der Waals surface area contributed by atoms with E-state index in [0.29, 0.717) is 9.90 Å². The van der Waals surface area contributed by atoms with Crippen LogP contribution in [0.15, 0.2) is 8.26 Å². The molecule has 2 aromatic heterocycles. The van der Waals surface area contributed by atoms with Crippen LogP contribution in [0, 0.1) is 0 Å². The summed E-state index contributed by atoms with van der Waals surface area (Å²) < 4.78 is 8.43. The lowest BCUT2D eigenvalue weighted by Gasteiger charge is -1.94. The van der Waals surface area contributed by atoms with Crippen molar-refractivity contribution in [2.45, 2.75) is 0 Å². The normalized spacial score (nSPS) is 10.9. The van der Waals surface area contributed by atoms with E-state index < -0.39 is 5.97 Å². The van der Waals surface area contributed by atoms with Gasteiger partial charge in [0.05, 0.1) is 29.8 Å². The van der Waals surface area contributed by atoms with Crippen LogP contribution in [0.25, 0.3) is 9.40 Å². The van der Waals surface area contributed by atoms with Gasteiger partial charge in [-0.2, -0.15) is 0 Å². The van der Waals surface area contributed by atoms with Crippen molar-refractivity contribution >= 4 is 81.5 Å². The zero-order chi connectivity index (χ0) is 11.2. The van der Waals surface area contributed by atoms with Gasteiger partial charge in [0, 0.05) is 0 Å². The van der Waals surface area contributed by atoms with Gasteiger partial charge in [-0.3, -0.25) is 0 Å². The summed E-state index contributed by atoms with van der Waals surface area (Å²) in [5.41, 5.74) is 0. The van der Waals surface area contributed by atoms with Crippen molar-refractivity contribution in [3.05, 3.63) is 18.2 Å². The van der Waals surface area contributed by atoms with E-state index >= 15 is 0 Å². The Morgan fingerprint density at radius 1 is 1.33 bits per heavy atom. The van der Waals surface area contributed by atoms with Crippen LogP contribution in [-0.4, -0.2) is 13.1 Å². The van der Waals surface area contributed by atoms with Crippen molar-refractivity contribution in [2.75, 3.05) is 7.11 Å². The molecule has 0 amide bonds. The Hall–Kier alpha value is 0.380. The van der Waals surface area contributed by atoms with Crippen molar-refractivity contribution in [1.29, 1.82) is 0 Å². The average molecular weight is 391 g/mol. The third-order valence-corrected chi connectivity index (χ3v) is 7.39. The SMILES string of the molecule is COC(=O)c1sc2c(Br)c(Br)sc2c1Cl. The quantitative estimate of drug-likeness (QED) is 0.646. The highest BCUT2D eigenvalue weighted by atomic mass is 79.9. The minimum Gasteiger partial charge on any atom is -0.465 e. The van der Waals surface area contributed by atoms with Gasteiger partial charge in [-0.05, 0) is 31.9 Å². The van der Waals surface area contributed by atoms with Crippen LogP contribution in [0.4, 0.5) is 0 Å². The molecule has 0 aromatic carbocycles. The summed E-state index contributed by atoms with van der Waals surface area (Å²) >= 11 is 15.8. The number of halogens is 3. The molecule has 15 heavy (non-hydrogen) atoms. The maximum Gasteiger partial charge on any atom is 0.349 e. The Labute approximate surface area is 115 Å². The third kappa shape index (κ3) is 1.86. The summed E-state index contributed by atoms with van der Waals surface area (Å²) in [6, 6.07) is 0. The molecule has 2 heterocycles. The van der Waals surface area contributed by atoms with Crippen molar-refractivity contribution in [3.8, 4) is 0 Å². The molecule has 0 bridgehead atoms. The zero-order valence-corrected chi connectivity index (χ0v) is 12.8. The van der Waals surface area contributed by atoms with E-state index in [9.17, 15) is 4.79 Å². The Balaban J connectivity index is 2.71. The standard InChI is InChI=1S/C8H3Br2ClO2S2/c1-13-8(12)6-3(11)5-4(14-6)2(9)7(10)15-5/h1H3. The molecule has 2 aromatic rings. The summed E-state index contributed by atoms with van der Waals surface area (Å²) in [5, 5.41) is 0.471. The number of carbonyl (C=O) groups excluding carboxylic acids is 1. The fourth-order valence-corrected chi connectivity index (χ4v) is 5.25. The van der Waals surface area contributed by atoms with Crippen molar-refractivity contribution in [2.24, 2.45) is 0 Å². The molecule has 0 N–H and O–H groups in total. The first-order valence-electron chi connectivity index (χ1n) is 3.70. The molecule has 2 rings (SSSR count). The molecule has 0 fully saturated rings. The second kappa shape index (κ2) is 4.33. The number of esters is 1. The molecule has 0 atom stereocenters. The van der Waals surface area contributed by atoms with E-state index in [1.807, 2.05) is 0 Å². The molecule has 2 nitrogen and oxygen atoms in total. The average Bonchev–Trinajstić information content (AvgIpc) is 2.68. The lowest BCUT2D eigenvalue weighted by Crippen LogP contribution is -1.97. The van der Waals surface area contributed by atoms with Gasteiger partial charge in [-0.15, -0.1) is 22.7 Å². The third-order valence-electron chi connectivity index (χ3n) is 1.74. The van der Waals surface area contributed by atoms with Crippen LogP contribution in [0.1, 0.15) is 9.67 Å². The predicted octanol–water partition coefficient (Wildman–Crippen LogP) is 4.93. The Morgan fingerprint density at radius 2 is 2.00 bits per heavy atom. The van der Waals surface area contributed by atoms with Crippen LogP contribution < -0.4 is 0 Å². The maximum atomic E-state index is 11.4. The maximum absolute atomic E-state index is 11.4. The smallest absolute Gasteiger partial charge is 0.349 e. The molecule has 0 aliphatic rings. The molecule has 7 heteroatoms. The van der Waals surface area contributed by atoms with Crippen LogP contribution in [0.2, 0.25) is 5.02 Å². The summed E-state index contributed by atoms with van der Waals surface area (Å²) in [4.78, 5) is 11.8. The number of methoxy groups -OCH3 is 1. The molecule has 0 radical (unpaired) electrons. The summed E-state index contributed by atoms with van der Waals surface area (Å²) in [6.07, 6.45) is 0. The van der Waals surface area contributed by atoms with E-state index in [0.717, 1.165) is 17.7 Å². The number of fused-ring (bicyclic) bond motifs is 1. The van der Waals surface area contributed by atoms with E-state index in [4.69, 9.17) is 11.6 Å². The molecule has 0 saturated carbocycles. The van der Waals surface area contributed by atoms with Gasteiger partial charge in [0.2, 0.25) is 0 Å². The molecule has 0 spiro atoms. The summed E-state index contributed by atoms with van der Waals surface area (Å²) in [5.74, 6) is -0.392. The number of ether oxygens (including phenoxy) is 1. The number of rotatable bonds is 1. The van der Waals surface area contributed by atoms with Crippen LogP contribution >= 0.6 is 66.1 Å². The molecule has 0 aliphatic carbocycles. The molecular formula is C8H3Br2ClO2S2. The first-order valence-corrected chi connectivity index (χ1v) is 7.30. The number of carbonyl (C=O) groups is 1. The van der Waals surface area contributed by atoms with Gasteiger partial charge in [-0.25, -0.2) is 4.79 Å². The highest BCUT2D eigenvalue weighted by Gasteiger charge is 2.22. The summed E-state index contributed by atoms with van der Waals surface area (Å²) in [6.45, 7) is 0. The second-order valence-electron chi connectivity index (χ2n) is 2.58. The second-order valence-corrected chi connectivity index (χ2v) is 7.11. The highest BCUT2D eigenvalue weighted by molar-refractivity contribution is 9.13. The number of thiophene rings is 2. The zero-order valence-electron chi connectivity index (χ0n) is 7.27. The fourth-order valence-electron chi connectivity index (χ4n) is 1.08. The Morgan fingerprint density at radius 3 is 2.53 bits per heavy atom. The largest absolute Gasteiger partial charge is 0.465 e. The van der Waals surface area contributed by atoms with Crippen molar-refractivity contribution in [1.82, 2.24) is 0 Å². The molecule has 0 unspecified atom stereocenters. The highest BCUT2D eigenvalue weighted by Crippen LogP contribution is 2.48. The van der Waals surface area contributed by atoms with Crippen LogP contribution in [-0.2, 0) is 4.74 Å². The van der Waals surface area contributed by atoms with Crippen LogP contribution in [0.5, 0.6) is 0 Å². The molecule has 0 aliphatic heterocycles. The lowest BCUT2D eigenvalue weighted by molar-refractivity contribution is 0.0606.